The lowest BCUT2D eigenvalue weighted by Gasteiger charge is -2.36. The minimum atomic E-state index is -0.911. The van der Waals surface area contributed by atoms with E-state index in [0.29, 0.717) is 41.2 Å². The van der Waals surface area contributed by atoms with Crippen molar-refractivity contribution in [2.24, 2.45) is 0 Å². The summed E-state index contributed by atoms with van der Waals surface area (Å²) in [5.41, 5.74) is 2.95. The number of piperidine rings is 1. The number of carboxylic acids is 1. The fraction of sp³-hybridized carbons (Fsp3) is 0.276. The third-order valence-corrected chi connectivity index (χ3v) is 7.01. The lowest BCUT2D eigenvalue weighted by molar-refractivity contribution is -0.117. The van der Waals surface area contributed by atoms with E-state index in [4.69, 9.17) is 9.84 Å². The van der Waals surface area contributed by atoms with E-state index in [0.717, 1.165) is 43.6 Å². The van der Waals surface area contributed by atoms with Crippen LogP contribution in [0.4, 0.5) is 5.69 Å². The number of H-pyrrole nitrogens is 1. The van der Waals surface area contributed by atoms with Gasteiger partial charge >= 0.3 is 5.97 Å². The zero-order valence-corrected chi connectivity index (χ0v) is 22.2. The Hall–Kier alpha value is -4.61. The Morgan fingerprint density at radius 1 is 1.00 bits per heavy atom. The van der Waals surface area contributed by atoms with Gasteiger partial charge in [0, 0.05) is 23.8 Å². The number of anilines is 1. The van der Waals surface area contributed by atoms with Crippen LogP contribution in [0.3, 0.4) is 0 Å². The first-order valence-electron chi connectivity index (χ1n) is 13.1. The van der Waals surface area contributed by atoms with Crippen molar-refractivity contribution in [3.05, 3.63) is 83.9 Å². The van der Waals surface area contributed by atoms with Crippen LogP contribution in [0.2, 0.25) is 0 Å². The lowest BCUT2D eigenvalue weighted by Crippen LogP contribution is -2.45. The number of hydrogen-bond acceptors (Lipinski definition) is 8. The Bertz CT molecular complexity index is 1400. The molecule has 0 unspecified atom stereocenters. The van der Waals surface area contributed by atoms with Crippen LogP contribution in [0, 0.1) is 0 Å². The number of tetrazole rings is 1. The molecule has 1 fully saturated rings. The van der Waals surface area contributed by atoms with Crippen LogP contribution in [0.5, 0.6) is 11.5 Å². The summed E-state index contributed by atoms with van der Waals surface area (Å²) < 4.78 is 5.90. The van der Waals surface area contributed by atoms with Gasteiger partial charge in [0.1, 0.15) is 11.5 Å². The van der Waals surface area contributed by atoms with E-state index < -0.39 is 5.97 Å². The van der Waals surface area contributed by atoms with Gasteiger partial charge in [0.2, 0.25) is 11.7 Å². The summed E-state index contributed by atoms with van der Waals surface area (Å²) >= 11 is 0. The third kappa shape index (κ3) is 7.07. The monoisotopic (exact) mass is 541 g/mol. The van der Waals surface area contributed by atoms with Gasteiger partial charge in [-0.1, -0.05) is 12.1 Å². The second kappa shape index (κ2) is 12.5. The maximum Gasteiger partial charge on any atom is 0.335 e. The first-order valence-corrected chi connectivity index (χ1v) is 13.1. The van der Waals surface area contributed by atoms with Gasteiger partial charge in [-0.05, 0) is 104 Å². The van der Waals surface area contributed by atoms with Crippen molar-refractivity contribution in [2.75, 3.05) is 32.0 Å². The summed E-state index contributed by atoms with van der Waals surface area (Å²) in [5, 5.41) is 25.9. The number of rotatable bonds is 10. The van der Waals surface area contributed by atoms with Crippen molar-refractivity contribution in [1.29, 1.82) is 0 Å². The number of benzene rings is 3. The van der Waals surface area contributed by atoms with Crippen molar-refractivity contribution in [3.8, 4) is 22.9 Å². The molecule has 0 saturated carbocycles. The van der Waals surface area contributed by atoms with Crippen LogP contribution in [0.15, 0.2) is 72.8 Å². The Morgan fingerprint density at radius 3 is 2.25 bits per heavy atom. The molecular formula is C29H31N7O4. The van der Waals surface area contributed by atoms with Gasteiger partial charge in [0.15, 0.2) is 0 Å². The SMILES string of the molecule is CN(CC(=O)Nc1ccc(Oc2ccc(-c3nn[nH]n3)cc2)cc1)C1CCN(Cc2ccc(C(=O)O)cc2)CC1. The molecule has 11 heteroatoms. The molecular weight excluding hydrogens is 510 g/mol. The lowest BCUT2D eigenvalue weighted by atomic mass is 10.0. The number of carbonyl (C=O) groups is 2. The molecule has 0 aliphatic carbocycles. The zero-order valence-electron chi connectivity index (χ0n) is 22.2. The maximum atomic E-state index is 12.7. The molecule has 0 spiro atoms. The summed E-state index contributed by atoms with van der Waals surface area (Å²) in [5.74, 6) is 0.880. The number of ether oxygens (including phenoxy) is 1. The summed E-state index contributed by atoms with van der Waals surface area (Å²) in [6, 6.07) is 22.0. The van der Waals surface area contributed by atoms with E-state index >= 15 is 0 Å². The van der Waals surface area contributed by atoms with Crippen molar-refractivity contribution < 1.29 is 19.4 Å². The number of carboxylic acid groups (broad SMARTS) is 1. The average molecular weight is 542 g/mol. The van der Waals surface area contributed by atoms with Crippen LogP contribution < -0.4 is 10.1 Å². The second-order valence-electron chi connectivity index (χ2n) is 9.86. The topological polar surface area (TPSA) is 137 Å². The molecule has 1 saturated heterocycles. The van der Waals surface area contributed by atoms with E-state index in [2.05, 4.69) is 35.7 Å². The number of amides is 1. The molecule has 5 rings (SSSR count). The zero-order chi connectivity index (χ0) is 27.9. The molecule has 11 nitrogen and oxygen atoms in total. The fourth-order valence-electron chi connectivity index (χ4n) is 4.78. The van der Waals surface area contributed by atoms with Crippen molar-refractivity contribution in [3.63, 3.8) is 0 Å². The van der Waals surface area contributed by atoms with E-state index in [1.54, 1.807) is 12.1 Å². The second-order valence-corrected chi connectivity index (χ2v) is 9.86. The number of aromatic nitrogens is 4. The van der Waals surface area contributed by atoms with Gasteiger partial charge < -0.3 is 15.2 Å². The number of nitrogens with one attached hydrogen (secondary N) is 2. The summed E-state index contributed by atoms with van der Waals surface area (Å²) in [6.07, 6.45) is 1.94. The minimum absolute atomic E-state index is 0.0610. The highest BCUT2D eigenvalue weighted by Crippen LogP contribution is 2.25. The highest BCUT2D eigenvalue weighted by Gasteiger charge is 2.24. The number of carbonyl (C=O) groups excluding carboxylic acids is 1. The molecule has 1 aliphatic heterocycles. The summed E-state index contributed by atoms with van der Waals surface area (Å²) in [6.45, 7) is 2.96. The average Bonchev–Trinajstić information content (AvgIpc) is 3.50. The third-order valence-electron chi connectivity index (χ3n) is 7.01. The van der Waals surface area contributed by atoms with Gasteiger partial charge in [-0.3, -0.25) is 14.6 Å². The fourth-order valence-corrected chi connectivity index (χ4v) is 4.78. The Kier molecular flexibility index (Phi) is 8.43. The standard InChI is InChI=1S/C29H31N7O4/c1-35(24-14-16-36(17-15-24)18-20-2-4-22(5-3-20)29(38)39)19-27(37)30-23-8-12-26(13-9-23)40-25-10-6-21(7-11-25)28-31-33-34-32-28/h2-13,24H,14-19H2,1H3,(H,30,37)(H,38,39)(H,31,32,33,34). The first kappa shape index (κ1) is 27.0. The quantitative estimate of drug-likeness (QED) is 0.273. The summed E-state index contributed by atoms with van der Waals surface area (Å²) in [4.78, 5) is 28.2. The number of hydrogen-bond donors (Lipinski definition) is 3. The Balaban J connectivity index is 1.04. The Labute approximate surface area is 231 Å². The first-order chi connectivity index (χ1) is 19.4. The number of aromatic carboxylic acids is 1. The van der Waals surface area contributed by atoms with Crippen molar-refractivity contribution in [2.45, 2.75) is 25.4 Å². The predicted molar refractivity (Wildman–Crippen MR) is 149 cm³/mol. The van der Waals surface area contributed by atoms with E-state index in [-0.39, 0.29) is 5.91 Å². The molecule has 0 bridgehead atoms. The summed E-state index contributed by atoms with van der Waals surface area (Å²) in [7, 11) is 1.99. The largest absolute Gasteiger partial charge is 0.478 e. The number of aromatic amines is 1. The normalized spacial score (nSPS) is 14.2. The minimum Gasteiger partial charge on any atom is -0.478 e. The van der Waals surface area contributed by atoms with Gasteiger partial charge in [0.05, 0.1) is 12.1 Å². The van der Waals surface area contributed by atoms with E-state index in [1.165, 1.54) is 0 Å². The highest BCUT2D eigenvalue weighted by atomic mass is 16.5. The van der Waals surface area contributed by atoms with Crippen LogP contribution in [-0.2, 0) is 11.3 Å². The molecule has 0 radical (unpaired) electrons. The molecule has 1 aromatic heterocycles. The van der Waals surface area contributed by atoms with Gasteiger partial charge in [-0.25, -0.2) is 4.79 Å². The van der Waals surface area contributed by atoms with Crippen molar-refractivity contribution in [1.82, 2.24) is 30.4 Å². The smallest absolute Gasteiger partial charge is 0.335 e. The van der Waals surface area contributed by atoms with E-state index in [9.17, 15) is 9.59 Å². The van der Waals surface area contributed by atoms with Crippen molar-refractivity contribution >= 4 is 17.6 Å². The predicted octanol–water partition coefficient (Wildman–Crippen LogP) is 3.89. The van der Waals surface area contributed by atoms with Crippen LogP contribution in [-0.4, -0.2) is 80.1 Å². The molecule has 2 heterocycles. The van der Waals surface area contributed by atoms with Crippen LogP contribution in [0.25, 0.3) is 11.4 Å². The maximum absolute atomic E-state index is 12.7. The molecule has 3 N–H and O–H groups in total. The van der Waals surface area contributed by atoms with Crippen LogP contribution in [0.1, 0.15) is 28.8 Å². The molecule has 4 aromatic rings. The number of likely N-dealkylation sites (tertiary alicyclic amines) is 1. The molecule has 3 aromatic carbocycles. The van der Waals surface area contributed by atoms with Gasteiger partial charge in [-0.15, -0.1) is 10.2 Å². The van der Waals surface area contributed by atoms with Gasteiger partial charge in [-0.2, -0.15) is 5.21 Å². The van der Waals surface area contributed by atoms with Gasteiger partial charge in [0.25, 0.3) is 0 Å². The number of likely N-dealkylation sites (N-methyl/N-ethyl adjacent to an activating group) is 1. The molecule has 1 amide bonds. The Morgan fingerprint density at radius 2 is 1.65 bits per heavy atom. The molecule has 40 heavy (non-hydrogen) atoms. The van der Waals surface area contributed by atoms with E-state index in [1.807, 2.05) is 67.7 Å². The highest BCUT2D eigenvalue weighted by molar-refractivity contribution is 5.92. The molecule has 1 aliphatic rings. The van der Waals surface area contributed by atoms with Crippen LogP contribution >= 0.6 is 0 Å². The molecule has 0 atom stereocenters. The molecule has 206 valence electrons. The number of nitrogens with zero attached hydrogens (tertiary/aromatic N) is 5.